The van der Waals surface area contributed by atoms with Crippen LogP contribution in [0.15, 0.2) is 64.4 Å². The first kappa shape index (κ1) is 18.3. The zero-order chi connectivity index (χ0) is 19.5. The van der Waals surface area contributed by atoms with E-state index >= 15 is 0 Å². The summed E-state index contributed by atoms with van der Waals surface area (Å²) in [5, 5.41) is 14.4. The fourth-order valence-corrected chi connectivity index (χ4v) is 3.95. The third kappa shape index (κ3) is 3.53. The predicted octanol–water partition coefficient (Wildman–Crippen LogP) is 4.75. The highest BCUT2D eigenvalue weighted by Gasteiger charge is 2.17. The smallest absolute Gasteiger partial charge is 0.234 e. The molecule has 1 amide bonds. The van der Waals surface area contributed by atoms with E-state index in [-0.39, 0.29) is 11.7 Å². The molecule has 0 aliphatic carbocycles. The van der Waals surface area contributed by atoms with Crippen LogP contribution in [0.4, 0.5) is 5.69 Å². The lowest BCUT2D eigenvalue weighted by Gasteiger charge is -2.09. The van der Waals surface area contributed by atoms with Crippen molar-refractivity contribution in [3.63, 3.8) is 0 Å². The van der Waals surface area contributed by atoms with Crippen molar-refractivity contribution in [2.45, 2.75) is 25.5 Å². The van der Waals surface area contributed by atoms with Crippen LogP contribution in [0, 0.1) is 6.92 Å². The highest BCUT2D eigenvalue weighted by atomic mass is 32.2. The van der Waals surface area contributed by atoms with E-state index < -0.39 is 0 Å². The molecule has 4 aromatic rings. The molecular formula is C21H20N4O2S. The molecule has 2 aromatic heterocycles. The van der Waals surface area contributed by atoms with Crippen molar-refractivity contribution in [1.82, 2.24) is 14.8 Å². The van der Waals surface area contributed by atoms with Crippen LogP contribution in [0.1, 0.15) is 12.7 Å². The lowest BCUT2D eigenvalue weighted by molar-refractivity contribution is -0.113. The molecule has 6 nitrogen and oxygen atoms in total. The summed E-state index contributed by atoms with van der Waals surface area (Å²) in [6.07, 6.45) is 1.64. The number of anilines is 1. The van der Waals surface area contributed by atoms with Gasteiger partial charge in [0.05, 0.1) is 17.6 Å². The van der Waals surface area contributed by atoms with Gasteiger partial charge in [0.15, 0.2) is 11.0 Å². The minimum atomic E-state index is -0.0759. The van der Waals surface area contributed by atoms with Gasteiger partial charge in [-0.15, -0.1) is 10.2 Å². The Morgan fingerprint density at radius 1 is 1.14 bits per heavy atom. The summed E-state index contributed by atoms with van der Waals surface area (Å²) in [5.41, 5.74) is 1.73. The fraction of sp³-hybridized carbons (Fsp3) is 0.190. The van der Waals surface area contributed by atoms with Crippen LogP contribution in [0.5, 0.6) is 0 Å². The Morgan fingerprint density at radius 2 is 1.96 bits per heavy atom. The lowest BCUT2D eigenvalue weighted by Crippen LogP contribution is -2.15. The van der Waals surface area contributed by atoms with Crippen molar-refractivity contribution in [1.29, 1.82) is 0 Å². The fourth-order valence-electron chi connectivity index (χ4n) is 3.15. The quantitative estimate of drug-likeness (QED) is 0.479. The van der Waals surface area contributed by atoms with Crippen molar-refractivity contribution in [2.75, 3.05) is 11.1 Å². The van der Waals surface area contributed by atoms with E-state index in [1.165, 1.54) is 11.8 Å². The Labute approximate surface area is 167 Å². The first-order chi connectivity index (χ1) is 13.7. The topological polar surface area (TPSA) is 73.0 Å². The number of benzene rings is 2. The number of nitrogens with zero attached hydrogens (tertiary/aromatic N) is 3. The zero-order valence-corrected chi connectivity index (χ0v) is 16.5. The number of nitrogens with one attached hydrogen (secondary N) is 1. The van der Waals surface area contributed by atoms with Crippen LogP contribution in [0.25, 0.3) is 22.2 Å². The summed E-state index contributed by atoms with van der Waals surface area (Å²) in [4.78, 5) is 12.5. The summed E-state index contributed by atoms with van der Waals surface area (Å²) in [6.45, 7) is 4.64. The van der Waals surface area contributed by atoms with Gasteiger partial charge in [0.1, 0.15) is 5.76 Å². The van der Waals surface area contributed by atoms with Crippen LogP contribution >= 0.6 is 11.8 Å². The molecule has 0 unspecified atom stereocenters. The Hall–Kier alpha value is -3.06. The van der Waals surface area contributed by atoms with E-state index in [9.17, 15) is 4.79 Å². The Bertz CT molecular complexity index is 1130. The summed E-state index contributed by atoms with van der Waals surface area (Å²) < 4.78 is 7.37. The van der Waals surface area contributed by atoms with Gasteiger partial charge < -0.3 is 14.3 Å². The molecule has 0 aliphatic heterocycles. The van der Waals surface area contributed by atoms with E-state index in [4.69, 9.17) is 4.42 Å². The highest BCUT2D eigenvalue weighted by molar-refractivity contribution is 7.99. The SMILES string of the molecule is CCn1c(SCC(=O)Nc2cccc3ccccc23)nnc1-c1ccoc1C. The second kappa shape index (κ2) is 7.90. The van der Waals surface area contributed by atoms with E-state index in [1.54, 1.807) is 6.26 Å². The van der Waals surface area contributed by atoms with E-state index in [0.29, 0.717) is 11.7 Å². The Kier molecular flexibility index (Phi) is 5.16. The van der Waals surface area contributed by atoms with E-state index in [1.807, 2.05) is 66.9 Å². The molecule has 0 bridgehead atoms. The van der Waals surface area contributed by atoms with Crippen LogP contribution in [-0.2, 0) is 11.3 Å². The zero-order valence-electron chi connectivity index (χ0n) is 15.7. The maximum absolute atomic E-state index is 12.5. The molecule has 2 heterocycles. The van der Waals surface area contributed by atoms with Crippen molar-refractivity contribution in [2.24, 2.45) is 0 Å². The molecule has 0 saturated carbocycles. The van der Waals surface area contributed by atoms with Crippen molar-refractivity contribution in [3.8, 4) is 11.4 Å². The van der Waals surface area contributed by atoms with Crippen LogP contribution in [-0.4, -0.2) is 26.4 Å². The first-order valence-electron chi connectivity index (χ1n) is 9.05. The number of hydrogen-bond acceptors (Lipinski definition) is 5. The Balaban J connectivity index is 1.48. The van der Waals surface area contributed by atoms with Gasteiger partial charge in [-0.1, -0.05) is 48.2 Å². The van der Waals surface area contributed by atoms with E-state index in [0.717, 1.165) is 33.6 Å². The second-order valence-corrected chi connectivity index (χ2v) is 7.25. The number of fused-ring (bicyclic) bond motifs is 1. The largest absolute Gasteiger partial charge is 0.469 e. The summed E-state index contributed by atoms with van der Waals surface area (Å²) >= 11 is 1.38. The molecule has 0 radical (unpaired) electrons. The van der Waals surface area contributed by atoms with Crippen molar-refractivity contribution in [3.05, 3.63) is 60.6 Å². The number of amides is 1. The standard InChI is InChI=1S/C21H20N4O2S/c1-3-25-20(16-11-12-27-14(16)2)23-24-21(25)28-13-19(26)22-18-10-6-8-15-7-4-5-9-17(15)18/h4-12H,3,13H2,1-2H3,(H,22,26). The van der Waals surface area contributed by atoms with Gasteiger partial charge in [-0.25, -0.2) is 0 Å². The summed E-state index contributed by atoms with van der Waals surface area (Å²) in [6, 6.07) is 15.8. The average molecular weight is 392 g/mol. The second-order valence-electron chi connectivity index (χ2n) is 6.30. The minimum absolute atomic E-state index is 0.0759. The van der Waals surface area contributed by atoms with Crippen molar-refractivity contribution < 1.29 is 9.21 Å². The van der Waals surface area contributed by atoms with Gasteiger partial charge in [-0.3, -0.25) is 4.79 Å². The summed E-state index contributed by atoms with van der Waals surface area (Å²) in [5.74, 6) is 1.73. The normalized spacial score (nSPS) is 11.1. The number of carbonyl (C=O) groups excluding carboxylic acids is 1. The minimum Gasteiger partial charge on any atom is -0.469 e. The molecular weight excluding hydrogens is 372 g/mol. The number of thioether (sulfide) groups is 1. The van der Waals surface area contributed by atoms with Gasteiger partial charge in [0, 0.05) is 17.6 Å². The maximum atomic E-state index is 12.5. The molecule has 4 rings (SSSR count). The molecule has 142 valence electrons. The van der Waals surface area contributed by atoms with Crippen LogP contribution < -0.4 is 5.32 Å². The molecule has 0 atom stereocenters. The van der Waals surface area contributed by atoms with Gasteiger partial charge in [-0.2, -0.15) is 0 Å². The molecule has 1 N–H and O–H groups in total. The van der Waals surface area contributed by atoms with Crippen LogP contribution in [0.3, 0.4) is 0 Å². The number of rotatable bonds is 6. The maximum Gasteiger partial charge on any atom is 0.234 e. The molecule has 0 saturated heterocycles. The number of hydrogen-bond donors (Lipinski definition) is 1. The van der Waals surface area contributed by atoms with Gasteiger partial charge in [0.2, 0.25) is 5.91 Å². The monoisotopic (exact) mass is 392 g/mol. The molecule has 7 heteroatoms. The third-order valence-electron chi connectivity index (χ3n) is 4.53. The van der Waals surface area contributed by atoms with E-state index in [2.05, 4.69) is 15.5 Å². The molecule has 0 aliphatic rings. The number of carbonyl (C=O) groups is 1. The van der Waals surface area contributed by atoms with Gasteiger partial charge in [-0.05, 0) is 31.4 Å². The highest BCUT2D eigenvalue weighted by Crippen LogP contribution is 2.27. The van der Waals surface area contributed by atoms with Crippen LogP contribution in [0.2, 0.25) is 0 Å². The summed E-state index contributed by atoms with van der Waals surface area (Å²) in [7, 11) is 0. The van der Waals surface area contributed by atoms with Gasteiger partial charge >= 0.3 is 0 Å². The number of furan rings is 1. The molecule has 0 spiro atoms. The lowest BCUT2D eigenvalue weighted by atomic mass is 10.1. The van der Waals surface area contributed by atoms with Gasteiger partial charge in [0.25, 0.3) is 0 Å². The first-order valence-corrected chi connectivity index (χ1v) is 10.0. The van der Waals surface area contributed by atoms with Crippen molar-refractivity contribution >= 4 is 34.1 Å². The number of aryl methyl sites for hydroxylation is 1. The molecule has 28 heavy (non-hydrogen) atoms. The third-order valence-corrected chi connectivity index (χ3v) is 5.50. The molecule has 0 fully saturated rings. The average Bonchev–Trinajstić information content (AvgIpc) is 3.31. The molecule has 2 aromatic carbocycles. The predicted molar refractivity (Wildman–Crippen MR) is 111 cm³/mol. The number of aromatic nitrogens is 3. The Morgan fingerprint density at radius 3 is 2.75 bits per heavy atom.